The van der Waals surface area contributed by atoms with Gasteiger partial charge in [0.15, 0.2) is 5.84 Å². The van der Waals surface area contributed by atoms with Gasteiger partial charge < -0.3 is 15.8 Å². The van der Waals surface area contributed by atoms with Crippen LogP contribution < -0.4 is 5.73 Å². The van der Waals surface area contributed by atoms with Crippen LogP contribution in [0.15, 0.2) is 5.16 Å². The molecule has 1 saturated carbocycles. The van der Waals surface area contributed by atoms with E-state index < -0.39 is 5.41 Å². The van der Waals surface area contributed by atoms with E-state index in [4.69, 9.17) is 10.9 Å². The molecule has 2 rings (SSSR count). The van der Waals surface area contributed by atoms with Gasteiger partial charge in [-0.05, 0) is 25.7 Å². The van der Waals surface area contributed by atoms with Crippen molar-refractivity contribution in [3.05, 3.63) is 0 Å². The number of amides is 1. The summed E-state index contributed by atoms with van der Waals surface area (Å²) in [5.41, 5.74) is 5.03. The number of carbonyl (C=O) groups is 1. The molecular weight excluding hydrogens is 250 g/mol. The van der Waals surface area contributed by atoms with Gasteiger partial charge in [-0.3, -0.25) is 4.79 Å². The average molecular weight is 271 g/mol. The summed E-state index contributed by atoms with van der Waals surface area (Å²) < 4.78 is 0. The standard InChI is InChI=1S/C12H21N3O2S/c1-8-5-12(6-8,10(13)14-17)11(16)15-3-4-18-7-9(15)2/h8-9,17H,3-7H2,1-2H3,(H2,13,14). The molecule has 1 saturated heterocycles. The molecule has 3 N–H and O–H groups in total. The summed E-state index contributed by atoms with van der Waals surface area (Å²) in [6.07, 6.45) is 1.39. The normalized spacial score (nSPS) is 37.2. The summed E-state index contributed by atoms with van der Waals surface area (Å²) >= 11 is 1.87. The first-order valence-corrected chi connectivity index (χ1v) is 7.53. The Bertz CT molecular complexity index is 366. The van der Waals surface area contributed by atoms with E-state index in [1.165, 1.54) is 0 Å². The predicted octanol–water partition coefficient (Wildman–Crippen LogP) is 1.11. The van der Waals surface area contributed by atoms with Crippen molar-refractivity contribution in [1.29, 1.82) is 0 Å². The van der Waals surface area contributed by atoms with Crippen molar-refractivity contribution in [2.75, 3.05) is 18.1 Å². The van der Waals surface area contributed by atoms with E-state index in [0.717, 1.165) is 18.1 Å². The molecule has 0 bridgehead atoms. The number of hydrogen-bond acceptors (Lipinski definition) is 4. The Kier molecular flexibility index (Phi) is 3.75. The maximum atomic E-state index is 12.7. The molecule has 2 aliphatic rings. The van der Waals surface area contributed by atoms with Crippen LogP contribution in [0, 0.1) is 11.3 Å². The molecule has 0 spiro atoms. The number of thioether (sulfide) groups is 1. The third kappa shape index (κ3) is 2.06. The van der Waals surface area contributed by atoms with E-state index in [1.54, 1.807) is 0 Å². The van der Waals surface area contributed by atoms with Crippen molar-refractivity contribution < 1.29 is 10.0 Å². The van der Waals surface area contributed by atoms with Crippen LogP contribution in [0.4, 0.5) is 0 Å². The first-order chi connectivity index (χ1) is 8.51. The molecule has 18 heavy (non-hydrogen) atoms. The third-order valence-corrected chi connectivity index (χ3v) is 5.22. The maximum Gasteiger partial charge on any atom is 0.236 e. The molecule has 6 heteroatoms. The zero-order chi connectivity index (χ0) is 13.3. The second kappa shape index (κ2) is 4.99. The molecule has 5 nitrogen and oxygen atoms in total. The molecule has 1 atom stereocenters. The second-order valence-electron chi connectivity index (χ2n) is 5.50. The molecule has 102 valence electrons. The summed E-state index contributed by atoms with van der Waals surface area (Å²) in [5, 5.41) is 12.0. The Morgan fingerprint density at radius 1 is 1.50 bits per heavy atom. The van der Waals surface area contributed by atoms with Crippen molar-refractivity contribution in [1.82, 2.24) is 4.90 Å². The predicted molar refractivity (Wildman–Crippen MR) is 72.7 cm³/mol. The SMILES string of the molecule is CC1CC(C(=O)N2CCSCC2C)(C(N)=NO)C1. The molecule has 2 fully saturated rings. The Hall–Kier alpha value is -0.910. The van der Waals surface area contributed by atoms with Crippen LogP contribution in [0.25, 0.3) is 0 Å². The van der Waals surface area contributed by atoms with Crippen LogP contribution in [-0.4, -0.2) is 45.9 Å². The highest BCUT2D eigenvalue weighted by Gasteiger charge is 2.54. The monoisotopic (exact) mass is 271 g/mol. The van der Waals surface area contributed by atoms with E-state index in [-0.39, 0.29) is 17.8 Å². The molecule has 1 heterocycles. The van der Waals surface area contributed by atoms with Crippen molar-refractivity contribution in [2.24, 2.45) is 22.2 Å². The number of oxime groups is 1. The van der Waals surface area contributed by atoms with Crippen LogP contribution in [0.1, 0.15) is 26.7 Å². The molecule has 0 aromatic rings. The Morgan fingerprint density at radius 3 is 2.67 bits per heavy atom. The van der Waals surface area contributed by atoms with Crippen LogP contribution in [0.5, 0.6) is 0 Å². The summed E-state index contributed by atoms with van der Waals surface area (Å²) in [5.74, 6) is 2.52. The lowest BCUT2D eigenvalue weighted by Crippen LogP contribution is -2.60. The highest BCUT2D eigenvalue weighted by Crippen LogP contribution is 2.47. The van der Waals surface area contributed by atoms with E-state index in [9.17, 15) is 4.79 Å². The van der Waals surface area contributed by atoms with Gasteiger partial charge in [-0.1, -0.05) is 12.1 Å². The third-order valence-electron chi connectivity index (χ3n) is 4.03. The molecule has 0 aromatic carbocycles. The lowest BCUT2D eigenvalue weighted by molar-refractivity contribution is -0.146. The van der Waals surface area contributed by atoms with E-state index in [1.807, 2.05) is 16.7 Å². The van der Waals surface area contributed by atoms with Crippen molar-refractivity contribution in [3.63, 3.8) is 0 Å². The first-order valence-electron chi connectivity index (χ1n) is 6.38. The van der Waals surface area contributed by atoms with Crippen LogP contribution in [0.3, 0.4) is 0 Å². The fraction of sp³-hybridized carbons (Fsp3) is 0.833. The van der Waals surface area contributed by atoms with Gasteiger partial charge in [0.25, 0.3) is 0 Å². The number of hydrogen-bond donors (Lipinski definition) is 2. The molecule has 1 amide bonds. The van der Waals surface area contributed by atoms with E-state index >= 15 is 0 Å². The number of rotatable bonds is 2. The molecule has 1 aliphatic carbocycles. The number of amidine groups is 1. The molecule has 0 aromatic heterocycles. The molecule has 0 radical (unpaired) electrons. The van der Waals surface area contributed by atoms with Crippen LogP contribution in [0.2, 0.25) is 0 Å². The van der Waals surface area contributed by atoms with Crippen molar-refractivity contribution in [3.8, 4) is 0 Å². The number of nitrogens with zero attached hydrogens (tertiary/aromatic N) is 2. The van der Waals surface area contributed by atoms with Gasteiger partial charge in [-0.15, -0.1) is 0 Å². The molecular formula is C12H21N3O2S. The van der Waals surface area contributed by atoms with Gasteiger partial charge >= 0.3 is 0 Å². The average Bonchev–Trinajstić information content (AvgIpc) is 2.33. The minimum absolute atomic E-state index is 0.0451. The fourth-order valence-corrected chi connectivity index (χ4v) is 4.04. The summed E-state index contributed by atoms with van der Waals surface area (Å²) in [4.78, 5) is 14.6. The Labute approximate surface area is 112 Å². The Morgan fingerprint density at radius 2 is 2.17 bits per heavy atom. The van der Waals surface area contributed by atoms with Gasteiger partial charge in [0.05, 0.1) is 0 Å². The molecule has 1 unspecified atom stereocenters. The fourth-order valence-electron chi connectivity index (χ4n) is 3.02. The van der Waals surface area contributed by atoms with Gasteiger partial charge in [0.2, 0.25) is 5.91 Å². The van der Waals surface area contributed by atoms with Crippen molar-refractivity contribution in [2.45, 2.75) is 32.7 Å². The summed E-state index contributed by atoms with van der Waals surface area (Å²) in [7, 11) is 0. The first kappa shape index (κ1) is 13.5. The minimum atomic E-state index is -0.746. The van der Waals surface area contributed by atoms with Gasteiger partial charge in [0.1, 0.15) is 5.41 Å². The highest BCUT2D eigenvalue weighted by atomic mass is 32.2. The second-order valence-corrected chi connectivity index (χ2v) is 6.65. The zero-order valence-corrected chi connectivity index (χ0v) is 11.7. The summed E-state index contributed by atoms with van der Waals surface area (Å²) in [6, 6.07) is 0.232. The minimum Gasteiger partial charge on any atom is -0.409 e. The zero-order valence-electron chi connectivity index (χ0n) is 10.9. The lowest BCUT2D eigenvalue weighted by Gasteiger charge is -2.48. The topological polar surface area (TPSA) is 78.9 Å². The van der Waals surface area contributed by atoms with E-state index in [2.05, 4.69) is 19.0 Å². The smallest absolute Gasteiger partial charge is 0.236 e. The Balaban J connectivity index is 2.19. The summed E-state index contributed by atoms with van der Waals surface area (Å²) in [6.45, 7) is 4.91. The van der Waals surface area contributed by atoms with Gasteiger partial charge in [0, 0.05) is 24.1 Å². The van der Waals surface area contributed by atoms with Crippen LogP contribution in [-0.2, 0) is 4.79 Å². The largest absolute Gasteiger partial charge is 0.409 e. The number of carbonyl (C=O) groups excluding carboxylic acids is 1. The van der Waals surface area contributed by atoms with Crippen LogP contribution >= 0.6 is 11.8 Å². The number of nitrogens with two attached hydrogens (primary N) is 1. The molecule has 1 aliphatic heterocycles. The lowest BCUT2D eigenvalue weighted by atomic mass is 9.61. The highest BCUT2D eigenvalue weighted by molar-refractivity contribution is 7.99. The quantitative estimate of drug-likeness (QED) is 0.341. The van der Waals surface area contributed by atoms with Gasteiger partial charge in [-0.25, -0.2) is 0 Å². The van der Waals surface area contributed by atoms with Crippen molar-refractivity contribution >= 4 is 23.5 Å². The maximum absolute atomic E-state index is 12.7. The van der Waals surface area contributed by atoms with Gasteiger partial charge in [-0.2, -0.15) is 11.8 Å². The van der Waals surface area contributed by atoms with E-state index in [0.29, 0.717) is 18.8 Å².